The molecule has 0 saturated carbocycles. The standard InChI is InChI=1S/C53H34/c1-4-17-36(18-5-1)51-44-27-15-12-20-38(44)33-49-52(51)46-31-29-39(34-48(46)53(49,40-21-6-2-7-22-40)41-23-8-3-9-24-41)50-43-26-14-11-19-37(43)32-47-42-25-13-10-16-35(42)28-30-45(47)50/h1-34H. The minimum Gasteiger partial charge on any atom is -0.0622 e. The van der Waals surface area contributed by atoms with Crippen molar-refractivity contribution in [3.8, 4) is 33.4 Å². The van der Waals surface area contributed by atoms with E-state index in [9.17, 15) is 0 Å². The summed E-state index contributed by atoms with van der Waals surface area (Å²) in [5.41, 5.74) is 12.3. The first-order valence-electron chi connectivity index (χ1n) is 18.5. The average molecular weight is 671 g/mol. The molecule has 0 heteroatoms. The smallest absolute Gasteiger partial charge is 0.0622 e. The monoisotopic (exact) mass is 670 g/mol. The van der Waals surface area contributed by atoms with Gasteiger partial charge in [-0.15, -0.1) is 0 Å². The summed E-state index contributed by atoms with van der Waals surface area (Å²) in [6, 6.07) is 76.8. The van der Waals surface area contributed by atoms with Crippen molar-refractivity contribution in [2.75, 3.05) is 0 Å². The van der Waals surface area contributed by atoms with Crippen LogP contribution in [0.5, 0.6) is 0 Å². The Morgan fingerprint density at radius 1 is 0.264 bits per heavy atom. The molecule has 0 spiro atoms. The van der Waals surface area contributed by atoms with E-state index < -0.39 is 5.41 Å². The molecule has 1 aliphatic carbocycles. The van der Waals surface area contributed by atoms with Gasteiger partial charge in [0, 0.05) is 0 Å². The fourth-order valence-corrected chi connectivity index (χ4v) is 9.50. The molecule has 0 amide bonds. The van der Waals surface area contributed by atoms with Crippen LogP contribution in [0.3, 0.4) is 0 Å². The zero-order valence-corrected chi connectivity index (χ0v) is 29.1. The summed E-state index contributed by atoms with van der Waals surface area (Å²) in [5, 5.41) is 10.2. The molecule has 10 aromatic rings. The summed E-state index contributed by atoms with van der Waals surface area (Å²) in [6.45, 7) is 0. The van der Waals surface area contributed by atoms with Crippen LogP contribution in [0.4, 0.5) is 0 Å². The highest BCUT2D eigenvalue weighted by atomic mass is 14.5. The predicted octanol–water partition coefficient (Wildman–Crippen LogP) is 14.0. The molecule has 0 aliphatic heterocycles. The zero-order valence-electron chi connectivity index (χ0n) is 29.1. The van der Waals surface area contributed by atoms with Gasteiger partial charge in [0.1, 0.15) is 0 Å². The molecule has 0 fully saturated rings. The van der Waals surface area contributed by atoms with Crippen LogP contribution in [-0.2, 0) is 5.41 Å². The van der Waals surface area contributed by atoms with Crippen LogP contribution in [-0.4, -0.2) is 0 Å². The fourth-order valence-electron chi connectivity index (χ4n) is 9.50. The van der Waals surface area contributed by atoms with Gasteiger partial charge in [-0.1, -0.05) is 188 Å². The number of hydrogen-bond donors (Lipinski definition) is 0. The lowest BCUT2D eigenvalue weighted by Crippen LogP contribution is -2.28. The molecule has 1 aliphatic rings. The van der Waals surface area contributed by atoms with Gasteiger partial charge in [0.25, 0.3) is 0 Å². The number of hydrogen-bond acceptors (Lipinski definition) is 0. The van der Waals surface area contributed by atoms with E-state index in [0.29, 0.717) is 0 Å². The maximum Gasteiger partial charge on any atom is 0.0714 e. The van der Waals surface area contributed by atoms with E-state index in [1.807, 2.05) is 0 Å². The van der Waals surface area contributed by atoms with E-state index in [1.165, 1.54) is 98.7 Å². The van der Waals surface area contributed by atoms with Crippen molar-refractivity contribution in [2.45, 2.75) is 5.41 Å². The van der Waals surface area contributed by atoms with Gasteiger partial charge in [-0.25, -0.2) is 0 Å². The normalized spacial score (nSPS) is 13.1. The van der Waals surface area contributed by atoms with Gasteiger partial charge in [-0.3, -0.25) is 0 Å². The quantitative estimate of drug-likeness (QED) is 0.129. The number of rotatable bonds is 4. The van der Waals surface area contributed by atoms with Crippen LogP contribution in [0.25, 0.3) is 76.5 Å². The lowest BCUT2D eigenvalue weighted by Gasteiger charge is -2.34. The maximum absolute atomic E-state index is 2.53. The number of fused-ring (bicyclic) bond motifs is 8. The van der Waals surface area contributed by atoms with Crippen molar-refractivity contribution < 1.29 is 0 Å². The van der Waals surface area contributed by atoms with Crippen molar-refractivity contribution in [2.24, 2.45) is 0 Å². The van der Waals surface area contributed by atoms with Gasteiger partial charge in [0.05, 0.1) is 5.41 Å². The van der Waals surface area contributed by atoms with Crippen molar-refractivity contribution >= 4 is 43.1 Å². The van der Waals surface area contributed by atoms with Gasteiger partial charge in [-0.2, -0.15) is 0 Å². The molecule has 53 heavy (non-hydrogen) atoms. The molecular formula is C53H34. The van der Waals surface area contributed by atoms with Crippen molar-refractivity contribution in [3.63, 3.8) is 0 Å². The maximum atomic E-state index is 2.53. The summed E-state index contributed by atoms with van der Waals surface area (Å²) in [7, 11) is 0. The largest absolute Gasteiger partial charge is 0.0714 e. The fraction of sp³-hybridized carbons (Fsp3) is 0.0189. The van der Waals surface area contributed by atoms with Crippen LogP contribution in [0.15, 0.2) is 206 Å². The molecule has 0 unspecified atom stereocenters. The van der Waals surface area contributed by atoms with Gasteiger partial charge < -0.3 is 0 Å². The topological polar surface area (TPSA) is 0 Å². The van der Waals surface area contributed by atoms with E-state index in [4.69, 9.17) is 0 Å². The molecule has 0 radical (unpaired) electrons. The third-order valence-corrected chi connectivity index (χ3v) is 11.7. The second kappa shape index (κ2) is 11.6. The first kappa shape index (κ1) is 29.9. The molecule has 0 nitrogen and oxygen atoms in total. The first-order chi connectivity index (χ1) is 26.3. The molecule has 0 atom stereocenters. The average Bonchev–Trinajstić information content (AvgIpc) is 3.52. The molecular weight excluding hydrogens is 637 g/mol. The Labute approximate surface area is 309 Å². The second-order valence-corrected chi connectivity index (χ2v) is 14.4. The van der Waals surface area contributed by atoms with Crippen molar-refractivity contribution in [3.05, 3.63) is 229 Å². The summed E-state index contributed by atoms with van der Waals surface area (Å²) < 4.78 is 0. The Morgan fingerprint density at radius 2 is 0.811 bits per heavy atom. The predicted molar refractivity (Wildman–Crippen MR) is 225 cm³/mol. The third kappa shape index (κ3) is 4.30. The lowest BCUT2D eigenvalue weighted by molar-refractivity contribution is 0.770. The Morgan fingerprint density at radius 3 is 1.49 bits per heavy atom. The van der Waals surface area contributed by atoms with Crippen LogP contribution in [0.1, 0.15) is 22.3 Å². The second-order valence-electron chi connectivity index (χ2n) is 14.4. The minimum atomic E-state index is -0.552. The zero-order chi connectivity index (χ0) is 34.9. The Balaban J connectivity index is 1.32. The molecule has 0 aromatic heterocycles. The minimum absolute atomic E-state index is 0.552. The van der Waals surface area contributed by atoms with Crippen molar-refractivity contribution in [1.29, 1.82) is 0 Å². The molecule has 0 N–H and O–H groups in total. The highest BCUT2D eigenvalue weighted by Crippen LogP contribution is 2.60. The summed E-state index contributed by atoms with van der Waals surface area (Å²) in [6.07, 6.45) is 0. The molecule has 0 bridgehead atoms. The van der Waals surface area contributed by atoms with Crippen LogP contribution in [0, 0.1) is 0 Å². The highest BCUT2D eigenvalue weighted by Gasteiger charge is 2.47. The van der Waals surface area contributed by atoms with Gasteiger partial charge in [0.15, 0.2) is 0 Å². The van der Waals surface area contributed by atoms with Gasteiger partial charge in [0.2, 0.25) is 0 Å². The van der Waals surface area contributed by atoms with E-state index in [0.717, 1.165) is 0 Å². The number of benzene rings is 10. The molecule has 0 heterocycles. The first-order valence-corrected chi connectivity index (χ1v) is 18.5. The Kier molecular flexibility index (Phi) is 6.57. The van der Waals surface area contributed by atoms with Gasteiger partial charge in [-0.05, 0) is 117 Å². The highest BCUT2D eigenvalue weighted by molar-refractivity contribution is 6.20. The summed E-state index contributed by atoms with van der Waals surface area (Å²) in [5.74, 6) is 0. The molecule has 11 rings (SSSR count). The van der Waals surface area contributed by atoms with E-state index in [-0.39, 0.29) is 0 Å². The van der Waals surface area contributed by atoms with Crippen LogP contribution < -0.4 is 0 Å². The Bertz CT molecular complexity index is 2990. The third-order valence-electron chi connectivity index (χ3n) is 11.7. The van der Waals surface area contributed by atoms with E-state index in [2.05, 4.69) is 206 Å². The summed E-state index contributed by atoms with van der Waals surface area (Å²) >= 11 is 0. The molecule has 0 saturated heterocycles. The van der Waals surface area contributed by atoms with Crippen molar-refractivity contribution in [1.82, 2.24) is 0 Å². The van der Waals surface area contributed by atoms with E-state index in [1.54, 1.807) is 0 Å². The summed E-state index contributed by atoms with van der Waals surface area (Å²) in [4.78, 5) is 0. The van der Waals surface area contributed by atoms with E-state index >= 15 is 0 Å². The Hall–Kier alpha value is -6.76. The van der Waals surface area contributed by atoms with Crippen LogP contribution >= 0.6 is 0 Å². The van der Waals surface area contributed by atoms with Gasteiger partial charge >= 0.3 is 0 Å². The SMILES string of the molecule is c1ccc(-c2c3c(cc4ccccc24)C(c2ccccc2)(c2ccccc2)c2cc(-c4c5ccccc5cc5c4ccc4ccccc45)ccc2-3)cc1. The lowest BCUT2D eigenvalue weighted by atomic mass is 9.67. The molecule has 246 valence electrons. The van der Waals surface area contributed by atoms with Crippen LogP contribution in [0.2, 0.25) is 0 Å². The molecule has 10 aromatic carbocycles.